The van der Waals surface area contributed by atoms with Crippen LogP contribution < -0.4 is 10.6 Å². The number of aromatic nitrogens is 2. The van der Waals surface area contributed by atoms with Gasteiger partial charge in [-0.05, 0) is 55.1 Å². The summed E-state index contributed by atoms with van der Waals surface area (Å²) in [5.74, 6) is 6.14. The van der Waals surface area contributed by atoms with Crippen LogP contribution in [0.1, 0.15) is 57.7 Å². The Morgan fingerprint density at radius 3 is 2.51 bits per heavy atom. The topological polar surface area (TPSA) is 139 Å². The minimum Gasteiger partial charge on any atom is -0.364 e. The van der Waals surface area contributed by atoms with Gasteiger partial charge < -0.3 is 20.3 Å². The largest absolute Gasteiger partial charge is 0.364 e. The van der Waals surface area contributed by atoms with Crippen molar-refractivity contribution in [2.24, 2.45) is 11.7 Å². The van der Waals surface area contributed by atoms with Crippen molar-refractivity contribution in [3.8, 4) is 11.8 Å². The average Bonchev–Trinajstić information content (AvgIpc) is 3.32. The zero-order valence-corrected chi connectivity index (χ0v) is 26.0. The fraction of sp³-hybridized carbons (Fsp3) is 0.484. The second kappa shape index (κ2) is 12.6. The summed E-state index contributed by atoms with van der Waals surface area (Å²) >= 11 is 0. The number of amides is 4. The van der Waals surface area contributed by atoms with Crippen molar-refractivity contribution in [1.29, 1.82) is 0 Å². The van der Waals surface area contributed by atoms with E-state index in [0.717, 1.165) is 43.1 Å². The first-order chi connectivity index (χ1) is 20.5. The minimum atomic E-state index is -1.30. The maximum Gasteiger partial charge on any atom is 0.269 e. The molecule has 226 valence electrons. The SMILES string of the molecule is C[Si](C)(C)CCOCN1C(=O)CCC(N2Cc3c(C#CC4CCN(c5ccc(C(N)=O)nn5)CC4)cccc3C2=O)C1=O. The van der Waals surface area contributed by atoms with E-state index in [9.17, 15) is 19.2 Å². The smallest absolute Gasteiger partial charge is 0.269 e. The molecule has 12 heteroatoms. The molecule has 1 atom stereocenters. The number of nitrogens with zero attached hydrogens (tertiary/aromatic N) is 5. The second-order valence-corrected chi connectivity index (χ2v) is 18.1. The maximum absolute atomic E-state index is 13.4. The number of hydrogen-bond acceptors (Lipinski definition) is 8. The van der Waals surface area contributed by atoms with Gasteiger partial charge >= 0.3 is 0 Å². The van der Waals surface area contributed by atoms with Crippen LogP contribution in [0.15, 0.2) is 30.3 Å². The highest BCUT2D eigenvalue weighted by Crippen LogP contribution is 2.31. The van der Waals surface area contributed by atoms with Crippen molar-refractivity contribution >= 4 is 37.5 Å². The molecule has 3 aliphatic rings. The van der Waals surface area contributed by atoms with Gasteiger partial charge in [-0.25, -0.2) is 0 Å². The van der Waals surface area contributed by atoms with E-state index in [1.54, 1.807) is 23.1 Å². The number of ether oxygens (including phenoxy) is 1. The number of anilines is 1. The average molecular weight is 603 g/mol. The van der Waals surface area contributed by atoms with Crippen LogP contribution in [0.5, 0.6) is 0 Å². The van der Waals surface area contributed by atoms with Crippen LogP contribution in [-0.2, 0) is 20.9 Å². The lowest BCUT2D eigenvalue weighted by Crippen LogP contribution is -2.55. The molecule has 4 amide bonds. The molecule has 0 aliphatic carbocycles. The Morgan fingerprint density at radius 2 is 1.84 bits per heavy atom. The van der Waals surface area contributed by atoms with E-state index in [-0.39, 0.29) is 49.0 Å². The molecule has 1 aromatic carbocycles. The summed E-state index contributed by atoms with van der Waals surface area (Å²) in [7, 11) is -1.30. The number of rotatable bonds is 8. The fourth-order valence-electron chi connectivity index (χ4n) is 5.56. The monoisotopic (exact) mass is 602 g/mol. The maximum atomic E-state index is 13.4. The molecule has 4 heterocycles. The molecule has 2 N–H and O–H groups in total. The lowest BCUT2D eigenvalue weighted by molar-refractivity contribution is -0.158. The minimum absolute atomic E-state index is 0.0750. The highest BCUT2D eigenvalue weighted by atomic mass is 28.3. The van der Waals surface area contributed by atoms with E-state index in [4.69, 9.17) is 10.5 Å². The van der Waals surface area contributed by atoms with Crippen LogP contribution in [0.3, 0.4) is 0 Å². The van der Waals surface area contributed by atoms with Gasteiger partial charge in [-0.15, -0.1) is 10.2 Å². The van der Waals surface area contributed by atoms with Crippen LogP contribution in [0.25, 0.3) is 0 Å². The van der Waals surface area contributed by atoms with E-state index >= 15 is 0 Å². The van der Waals surface area contributed by atoms with Crippen molar-refractivity contribution in [3.63, 3.8) is 0 Å². The molecule has 5 rings (SSSR count). The Bertz CT molecular complexity index is 1470. The van der Waals surface area contributed by atoms with Gasteiger partial charge in [0.2, 0.25) is 5.91 Å². The molecule has 2 fully saturated rings. The number of piperidine rings is 2. The predicted molar refractivity (Wildman–Crippen MR) is 163 cm³/mol. The number of fused-ring (bicyclic) bond motifs is 1. The molecular weight excluding hydrogens is 564 g/mol. The summed E-state index contributed by atoms with van der Waals surface area (Å²) in [6.45, 7) is 8.95. The summed E-state index contributed by atoms with van der Waals surface area (Å²) < 4.78 is 5.71. The third-order valence-corrected chi connectivity index (χ3v) is 9.91. The van der Waals surface area contributed by atoms with Gasteiger partial charge in [0.25, 0.3) is 17.7 Å². The fourth-order valence-corrected chi connectivity index (χ4v) is 6.32. The molecule has 0 saturated carbocycles. The summed E-state index contributed by atoms with van der Waals surface area (Å²) in [6.07, 6.45) is 2.18. The molecule has 0 spiro atoms. The first-order valence-electron chi connectivity index (χ1n) is 14.8. The number of likely N-dealkylation sites (tertiary alicyclic amines) is 1. The van der Waals surface area contributed by atoms with Crippen molar-refractivity contribution in [2.45, 2.75) is 64.0 Å². The van der Waals surface area contributed by atoms with Gasteiger partial charge in [0, 0.05) is 57.8 Å². The summed E-state index contributed by atoms with van der Waals surface area (Å²) in [5, 5.41) is 8.02. The number of nitrogens with two attached hydrogens (primary N) is 1. The second-order valence-electron chi connectivity index (χ2n) is 12.5. The van der Waals surface area contributed by atoms with Gasteiger partial charge in [-0.2, -0.15) is 0 Å². The first kappa shape index (κ1) is 30.4. The third kappa shape index (κ3) is 6.95. The molecule has 1 aromatic heterocycles. The highest BCUT2D eigenvalue weighted by molar-refractivity contribution is 6.76. The molecule has 3 aliphatic heterocycles. The van der Waals surface area contributed by atoms with Crippen molar-refractivity contribution in [2.75, 3.05) is 31.3 Å². The Kier molecular flexibility index (Phi) is 8.94. The zero-order chi connectivity index (χ0) is 30.7. The molecular formula is C31H38N6O5Si. The van der Waals surface area contributed by atoms with Gasteiger partial charge in [0.15, 0.2) is 11.5 Å². The lowest BCUT2D eigenvalue weighted by Gasteiger charge is -2.35. The van der Waals surface area contributed by atoms with Crippen LogP contribution >= 0.6 is 0 Å². The molecule has 0 bridgehead atoms. The Labute approximate surface area is 252 Å². The van der Waals surface area contributed by atoms with E-state index in [1.807, 2.05) is 12.1 Å². The number of imide groups is 1. The van der Waals surface area contributed by atoms with Crippen LogP contribution in [-0.4, -0.2) is 84.2 Å². The van der Waals surface area contributed by atoms with Crippen LogP contribution in [0, 0.1) is 17.8 Å². The Balaban J connectivity index is 1.21. The van der Waals surface area contributed by atoms with E-state index in [1.165, 1.54) is 4.90 Å². The number of hydrogen-bond donors (Lipinski definition) is 1. The third-order valence-electron chi connectivity index (χ3n) is 8.21. The quantitative estimate of drug-likeness (QED) is 0.211. The Morgan fingerprint density at radius 1 is 1.07 bits per heavy atom. The van der Waals surface area contributed by atoms with E-state index in [0.29, 0.717) is 24.4 Å². The Hall–Kier alpha value is -4.08. The molecule has 1 unspecified atom stereocenters. The van der Waals surface area contributed by atoms with Gasteiger partial charge in [0.05, 0.1) is 0 Å². The van der Waals surface area contributed by atoms with Crippen molar-refractivity contribution < 1.29 is 23.9 Å². The van der Waals surface area contributed by atoms with Crippen molar-refractivity contribution in [3.05, 3.63) is 52.7 Å². The molecule has 11 nitrogen and oxygen atoms in total. The van der Waals surface area contributed by atoms with Crippen LogP contribution in [0.4, 0.5) is 5.82 Å². The number of benzene rings is 1. The van der Waals surface area contributed by atoms with Gasteiger partial charge in [-0.1, -0.05) is 37.5 Å². The lowest BCUT2D eigenvalue weighted by atomic mass is 9.96. The highest BCUT2D eigenvalue weighted by Gasteiger charge is 2.43. The van der Waals surface area contributed by atoms with E-state index < -0.39 is 20.0 Å². The number of primary amides is 1. The van der Waals surface area contributed by atoms with Gasteiger partial charge in [-0.3, -0.25) is 24.1 Å². The molecule has 2 aromatic rings. The molecule has 43 heavy (non-hydrogen) atoms. The number of carbonyl (C=O) groups is 4. The standard InChI is InChI=1S/C31H38N6O5Si/c1-43(2,3)18-17-42-20-37-28(38)12-10-26(31(37)41)36-19-24-22(5-4-6-23(24)30(36)40)8-7-21-13-15-35(16-14-21)27-11-9-25(29(32)39)33-34-27/h4-6,9,11,21,26H,10,12-20H2,1-3H3,(H2,32,39). The van der Waals surface area contributed by atoms with Crippen molar-refractivity contribution in [1.82, 2.24) is 20.0 Å². The summed E-state index contributed by atoms with van der Waals surface area (Å²) in [4.78, 5) is 55.5. The molecule has 0 radical (unpaired) electrons. The first-order valence-corrected chi connectivity index (χ1v) is 18.5. The summed E-state index contributed by atoms with van der Waals surface area (Å²) in [6, 6.07) is 9.09. The normalized spacial score (nSPS) is 19.4. The molecule has 2 saturated heterocycles. The summed E-state index contributed by atoms with van der Waals surface area (Å²) in [5.41, 5.74) is 7.56. The predicted octanol–water partition coefficient (Wildman–Crippen LogP) is 2.63. The zero-order valence-electron chi connectivity index (χ0n) is 25.0. The van der Waals surface area contributed by atoms with E-state index in [2.05, 4.69) is 46.6 Å². The van der Waals surface area contributed by atoms with Gasteiger partial charge in [0.1, 0.15) is 12.8 Å². The number of carbonyl (C=O) groups excluding carboxylic acids is 4. The van der Waals surface area contributed by atoms with Crippen LogP contribution in [0.2, 0.25) is 25.7 Å².